The first-order chi connectivity index (χ1) is 16.4. The van der Waals surface area contributed by atoms with Crippen molar-refractivity contribution in [3.8, 4) is 17.1 Å². The van der Waals surface area contributed by atoms with Crippen LogP contribution in [0.1, 0.15) is 48.8 Å². The molecular weight excluding hydrogens is 430 g/mol. The molecule has 0 N–H and O–H groups in total. The Kier molecular flexibility index (Phi) is 5.45. The van der Waals surface area contributed by atoms with E-state index in [0.717, 1.165) is 16.6 Å². The van der Waals surface area contributed by atoms with Crippen LogP contribution in [0.5, 0.6) is 0 Å². The first-order valence-electron chi connectivity index (χ1n) is 11.1. The number of fused-ring (bicyclic) bond motifs is 1. The third-order valence-corrected chi connectivity index (χ3v) is 6.02. The molecule has 5 aromatic rings. The fourth-order valence-electron chi connectivity index (χ4n) is 3.96. The number of hydrogen-bond donors (Lipinski definition) is 0. The molecule has 0 saturated heterocycles. The van der Waals surface area contributed by atoms with E-state index in [1.165, 1.54) is 6.33 Å². The largest absolute Gasteiger partial charge is 0.463 e. The maximum Gasteiger partial charge on any atom is 0.254 e. The lowest BCUT2D eigenvalue weighted by molar-refractivity contribution is 0.0744. The molecule has 9 heteroatoms. The number of aromatic nitrogens is 6. The van der Waals surface area contributed by atoms with Crippen LogP contribution in [-0.2, 0) is 0 Å². The molecule has 0 aliphatic rings. The van der Waals surface area contributed by atoms with Crippen molar-refractivity contribution in [2.24, 2.45) is 0 Å². The summed E-state index contributed by atoms with van der Waals surface area (Å²) in [4.78, 5) is 24.2. The van der Waals surface area contributed by atoms with Crippen LogP contribution >= 0.6 is 0 Å². The zero-order chi connectivity index (χ0) is 23.8. The maximum absolute atomic E-state index is 13.7. The van der Waals surface area contributed by atoms with Gasteiger partial charge in [-0.1, -0.05) is 12.1 Å². The summed E-state index contributed by atoms with van der Waals surface area (Å²) in [6.07, 6.45) is 6.46. The summed E-state index contributed by atoms with van der Waals surface area (Å²) >= 11 is 0. The van der Waals surface area contributed by atoms with Gasteiger partial charge in [0.25, 0.3) is 5.91 Å². The Bertz CT molecular complexity index is 1420. The van der Waals surface area contributed by atoms with E-state index in [1.54, 1.807) is 40.5 Å². The third-order valence-electron chi connectivity index (χ3n) is 6.02. The Morgan fingerprint density at radius 1 is 1.09 bits per heavy atom. The number of furan rings is 1. The Labute approximate surface area is 196 Å². The number of carbonyl (C=O) groups is 1. The van der Waals surface area contributed by atoms with Crippen LogP contribution in [0.4, 0.5) is 0 Å². The molecule has 9 nitrogen and oxygen atoms in total. The van der Waals surface area contributed by atoms with Crippen molar-refractivity contribution >= 4 is 16.9 Å². The van der Waals surface area contributed by atoms with Crippen LogP contribution in [-0.4, -0.2) is 47.4 Å². The normalized spacial score (nSPS) is 12.4. The number of nitrogens with zero attached hydrogens (tertiary/aromatic N) is 7. The van der Waals surface area contributed by atoms with E-state index >= 15 is 0 Å². The molecule has 4 aromatic heterocycles. The minimum atomic E-state index is -0.160. The van der Waals surface area contributed by atoms with Crippen LogP contribution in [0.2, 0.25) is 0 Å². The van der Waals surface area contributed by atoms with Gasteiger partial charge in [-0.2, -0.15) is 10.2 Å². The smallest absolute Gasteiger partial charge is 0.254 e. The topological polar surface area (TPSA) is 94.9 Å². The van der Waals surface area contributed by atoms with Crippen LogP contribution in [0.3, 0.4) is 0 Å². The first-order valence-corrected chi connectivity index (χ1v) is 11.1. The molecule has 34 heavy (non-hydrogen) atoms. The third kappa shape index (κ3) is 3.75. The number of carbonyl (C=O) groups excluding carboxylic acids is 1. The van der Waals surface area contributed by atoms with Gasteiger partial charge in [0.05, 0.1) is 35.1 Å². The summed E-state index contributed by atoms with van der Waals surface area (Å²) in [5.41, 5.74) is 3.71. The molecule has 0 aliphatic heterocycles. The molecule has 0 aliphatic carbocycles. The van der Waals surface area contributed by atoms with Crippen molar-refractivity contribution in [1.82, 2.24) is 34.4 Å². The number of benzene rings is 1. The summed E-state index contributed by atoms with van der Waals surface area (Å²) < 4.78 is 9.09. The number of pyridine rings is 1. The fourth-order valence-corrected chi connectivity index (χ4v) is 3.96. The minimum Gasteiger partial charge on any atom is -0.463 e. The lowest BCUT2D eigenvalue weighted by atomic mass is 10.0. The van der Waals surface area contributed by atoms with Crippen LogP contribution in [0, 0.1) is 0 Å². The van der Waals surface area contributed by atoms with Crippen molar-refractivity contribution in [1.29, 1.82) is 0 Å². The van der Waals surface area contributed by atoms with E-state index in [2.05, 4.69) is 15.2 Å². The molecule has 1 amide bonds. The summed E-state index contributed by atoms with van der Waals surface area (Å²) in [5.74, 6) is 0.489. The van der Waals surface area contributed by atoms with E-state index in [1.807, 2.05) is 62.8 Å². The lowest BCUT2D eigenvalue weighted by Gasteiger charge is -2.26. The zero-order valence-corrected chi connectivity index (χ0v) is 19.5. The van der Waals surface area contributed by atoms with E-state index in [-0.39, 0.29) is 18.0 Å². The highest BCUT2D eigenvalue weighted by molar-refractivity contribution is 6.06. The van der Waals surface area contributed by atoms with E-state index in [0.29, 0.717) is 22.7 Å². The van der Waals surface area contributed by atoms with Crippen LogP contribution in [0.15, 0.2) is 72.0 Å². The fraction of sp³-hybridized carbons (Fsp3) is 0.240. The summed E-state index contributed by atoms with van der Waals surface area (Å²) in [6.45, 7) is 6.07. The highest BCUT2D eigenvalue weighted by Gasteiger charge is 2.24. The molecule has 0 spiro atoms. The van der Waals surface area contributed by atoms with Gasteiger partial charge in [-0.05, 0) is 56.7 Å². The van der Waals surface area contributed by atoms with Gasteiger partial charge in [0.2, 0.25) is 0 Å². The Hall–Kier alpha value is -4.27. The lowest BCUT2D eigenvalue weighted by Crippen LogP contribution is -2.30. The molecule has 1 aromatic carbocycles. The number of hydrogen-bond acceptors (Lipinski definition) is 6. The van der Waals surface area contributed by atoms with E-state index in [9.17, 15) is 4.79 Å². The van der Waals surface area contributed by atoms with Gasteiger partial charge in [-0.15, -0.1) is 0 Å². The molecule has 0 saturated carbocycles. The quantitative estimate of drug-likeness (QED) is 0.369. The van der Waals surface area contributed by atoms with Gasteiger partial charge < -0.3 is 9.32 Å². The Morgan fingerprint density at radius 3 is 2.53 bits per heavy atom. The molecule has 0 bridgehead atoms. The second kappa shape index (κ2) is 8.58. The monoisotopic (exact) mass is 455 g/mol. The zero-order valence-electron chi connectivity index (χ0n) is 19.5. The van der Waals surface area contributed by atoms with Gasteiger partial charge in [0.15, 0.2) is 11.4 Å². The second-order valence-electron chi connectivity index (χ2n) is 8.48. The molecule has 5 rings (SSSR count). The summed E-state index contributed by atoms with van der Waals surface area (Å²) in [5, 5.41) is 9.37. The van der Waals surface area contributed by atoms with Crippen LogP contribution < -0.4 is 0 Å². The molecule has 4 heterocycles. The van der Waals surface area contributed by atoms with Gasteiger partial charge in [0, 0.05) is 13.1 Å². The van der Waals surface area contributed by atoms with Crippen molar-refractivity contribution in [3.63, 3.8) is 0 Å². The van der Waals surface area contributed by atoms with Gasteiger partial charge in [-0.3, -0.25) is 4.79 Å². The predicted molar refractivity (Wildman–Crippen MR) is 127 cm³/mol. The van der Waals surface area contributed by atoms with Crippen molar-refractivity contribution in [2.45, 2.75) is 32.9 Å². The van der Waals surface area contributed by atoms with Crippen molar-refractivity contribution in [3.05, 3.63) is 78.7 Å². The molecule has 0 fully saturated rings. The van der Waals surface area contributed by atoms with Gasteiger partial charge in [0.1, 0.15) is 18.3 Å². The Balaban J connectivity index is 1.50. The minimum absolute atomic E-state index is 0.0972. The maximum atomic E-state index is 13.7. The SMILES string of the molecule is CC(C)n1ncc2c(C(=O)N(C)[C@@H](C)c3ccc(-n4cncn4)cc3)cc(-c3ccco3)nc21. The first kappa shape index (κ1) is 21.6. The average molecular weight is 456 g/mol. The van der Waals surface area contributed by atoms with Crippen LogP contribution in [0.25, 0.3) is 28.2 Å². The summed E-state index contributed by atoms with van der Waals surface area (Å²) in [7, 11) is 1.81. The van der Waals surface area contributed by atoms with Crippen molar-refractivity contribution < 1.29 is 9.21 Å². The highest BCUT2D eigenvalue weighted by atomic mass is 16.3. The standard InChI is InChI=1S/C25H25N7O2/c1-16(2)32-24-21(13-27-32)20(12-22(29-24)23-6-5-11-34-23)25(33)30(4)17(3)18-7-9-19(10-8-18)31-15-26-14-28-31/h5-17H,1-4H3/t17-/m0/s1. The molecule has 172 valence electrons. The highest BCUT2D eigenvalue weighted by Crippen LogP contribution is 2.29. The second-order valence-corrected chi connectivity index (χ2v) is 8.48. The van der Waals surface area contributed by atoms with Gasteiger partial charge in [-0.25, -0.2) is 19.3 Å². The molecule has 1 atom stereocenters. The number of amides is 1. The number of rotatable bonds is 6. The van der Waals surface area contributed by atoms with Crippen molar-refractivity contribution in [2.75, 3.05) is 7.05 Å². The Morgan fingerprint density at radius 2 is 1.88 bits per heavy atom. The van der Waals surface area contributed by atoms with Gasteiger partial charge >= 0.3 is 0 Å². The molecule has 0 radical (unpaired) electrons. The average Bonchev–Trinajstić information content (AvgIpc) is 3.63. The predicted octanol–water partition coefficient (Wildman–Crippen LogP) is 4.69. The van der Waals surface area contributed by atoms with E-state index in [4.69, 9.17) is 9.40 Å². The summed E-state index contributed by atoms with van der Waals surface area (Å²) in [6, 6.07) is 13.3. The van der Waals surface area contributed by atoms with E-state index < -0.39 is 0 Å². The molecular formula is C25H25N7O2. The molecule has 0 unspecified atom stereocenters.